The molecular weight excluding hydrogens is 282 g/mol. The summed E-state index contributed by atoms with van der Waals surface area (Å²) in [7, 11) is 0. The third-order valence-electron chi connectivity index (χ3n) is 3.37. The Morgan fingerprint density at radius 1 is 1.32 bits per heavy atom. The van der Waals surface area contributed by atoms with Crippen LogP contribution in [0.5, 0.6) is 0 Å². The van der Waals surface area contributed by atoms with Crippen molar-refractivity contribution in [2.24, 2.45) is 0 Å². The smallest absolute Gasteiger partial charge is 0.327 e. The molecule has 0 aliphatic carbocycles. The van der Waals surface area contributed by atoms with E-state index in [0.717, 1.165) is 4.90 Å². The van der Waals surface area contributed by atoms with Crippen molar-refractivity contribution in [3.8, 4) is 0 Å². The highest BCUT2D eigenvalue weighted by molar-refractivity contribution is 8.01. The molecule has 0 aromatic heterocycles. The molecule has 1 fully saturated rings. The number of rotatable bonds is 2. The average Bonchev–Trinajstić information content (AvgIpc) is 3.04. The lowest BCUT2D eigenvalue weighted by Gasteiger charge is -2.23. The monoisotopic (exact) mass is 295 g/mol. The number of benzene rings is 1. The molecule has 0 spiro atoms. The number of carboxylic acid groups (broad SMARTS) is 1. The number of carbonyl (C=O) groups is 2. The molecule has 4 nitrogen and oxygen atoms in total. The molecule has 2 heterocycles. The van der Waals surface area contributed by atoms with Gasteiger partial charge in [0.2, 0.25) is 5.91 Å². The van der Waals surface area contributed by atoms with Crippen molar-refractivity contribution in [3.05, 3.63) is 29.8 Å². The highest BCUT2D eigenvalue weighted by Crippen LogP contribution is 2.38. The second-order valence-electron chi connectivity index (χ2n) is 4.58. The fourth-order valence-electron chi connectivity index (χ4n) is 2.37. The molecule has 0 saturated carbocycles. The topological polar surface area (TPSA) is 57.6 Å². The third kappa shape index (κ3) is 2.34. The molecule has 2 unspecified atom stereocenters. The first kappa shape index (κ1) is 12.9. The zero-order chi connectivity index (χ0) is 13.4. The number of thioether (sulfide) groups is 2. The largest absolute Gasteiger partial charge is 0.480 e. The van der Waals surface area contributed by atoms with Crippen molar-refractivity contribution in [3.63, 3.8) is 0 Å². The van der Waals surface area contributed by atoms with Gasteiger partial charge in [0.1, 0.15) is 6.04 Å². The third-order valence-corrected chi connectivity index (χ3v) is 5.69. The van der Waals surface area contributed by atoms with Crippen LogP contribution in [0.25, 0.3) is 0 Å². The van der Waals surface area contributed by atoms with E-state index in [1.165, 1.54) is 22.2 Å². The van der Waals surface area contributed by atoms with E-state index in [1.807, 2.05) is 24.3 Å². The summed E-state index contributed by atoms with van der Waals surface area (Å²) < 4.78 is 0. The van der Waals surface area contributed by atoms with Crippen LogP contribution in [0.1, 0.15) is 5.56 Å². The van der Waals surface area contributed by atoms with Gasteiger partial charge in [0, 0.05) is 10.6 Å². The summed E-state index contributed by atoms with van der Waals surface area (Å²) >= 11 is 3.06. The number of aliphatic carboxylic acids is 1. The molecule has 2 aliphatic rings. The van der Waals surface area contributed by atoms with Gasteiger partial charge in [0.05, 0.1) is 11.1 Å². The number of carboxylic acids is 1. The first-order valence-corrected chi connectivity index (χ1v) is 8.06. The second-order valence-corrected chi connectivity index (χ2v) is 6.82. The molecule has 0 bridgehead atoms. The normalized spacial score (nSPS) is 25.4. The van der Waals surface area contributed by atoms with Crippen molar-refractivity contribution in [2.45, 2.75) is 22.6 Å². The highest BCUT2D eigenvalue weighted by atomic mass is 32.2. The Balaban J connectivity index is 1.74. The lowest BCUT2D eigenvalue weighted by Crippen LogP contribution is -2.45. The second kappa shape index (κ2) is 5.09. The molecule has 6 heteroatoms. The van der Waals surface area contributed by atoms with Crippen LogP contribution in [0.15, 0.2) is 29.2 Å². The van der Waals surface area contributed by atoms with E-state index in [0.29, 0.717) is 18.1 Å². The van der Waals surface area contributed by atoms with E-state index in [-0.39, 0.29) is 11.2 Å². The highest BCUT2D eigenvalue weighted by Gasteiger charge is 2.39. The molecule has 1 aromatic rings. The molecule has 19 heavy (non-hydrogen) atoms. The standard InChI is InChI=1S/C13H13NO3S2/c15-12(14-7-18-6-9(14)13(16)17)11-5-8-3-1-2-4-10(8)19-11/h1-4,9,11H,5-7H2,(H,16,17). The predicted molar refractivity (Wildman–Crippen MR) is 75.4 cm³/mol. The summed E-state index contributed by atoms with van der Waals surface area (Å²) in [6.07, 6.45) is 0.702. The maximum atomic E-state index is 12.5. The SMILES string of the molecule is O=C(O)C1CSCN1C(=O)C1Cc2ccccc2S1. The molecule has 100 valence electrons. The van der Waals surface area contributed by atoms with Crippen LogP contribution < -0.4 is 0 Å². The van der Waals surface area contributed by atoms with E-state index in [2.05, 4.69) is 0 Å². The van der Waals surface area contributed by atoms with Crippen LogP contribution in [0.3, 0.4) is 0 Å². The van der Waals surface area contributed by atoms with Gasteiger partial charge in [-0.3, -0.25) is 4.79 Å². The Morgan fingerprint density at radius 3 is 2.84 bits per heavy atom. The Morgan fingerprint density at radius 2 is 2.11 bits per heavy atom. The Bertz CT molecular complexity index is 509. The molecule has 2 atom stereocenters. The van der Waals surface area contributed by atoms with E-state index in [1.54, 1.807) is 11.8 Å². The molecule has 3 rings (SSSR count). The molecule has 1 N–H and O–H groups in total. The Hall–Kier alpha value is -1.14. The minimum Gasteiger partial charge on any atom is -0.480 e. The number of hydrogen-bond acceptors (Lipinski definition) is 4. The summed E-state index contributed by atoms with van der Waals surface area (Å²) in [6, 6.07) is 7.31. The predicted octanol–water partition coefficient (Wildman–Crippen LogP) is 1.69. The van der Waals surface area contributed by atoms with Gasteiger partial charge in [-0.2, -0.15) is 0 Å². The number of carbonyl (C=O) groups excluding carboxylic acids is 1. The van der Waals surface area contributed by atoms with Crippen LogP contribution in [0, 0.1) is 0 Å². The Labute approximate surface area is 119 Å². The fourth-order valence-corrected chi connectivity index (χ4v) is 4.79. The number of fused-ring (bicyclic) bond motifs is 1. The lowest BCUT2D eigenvalue weighted by atomic mass is 10.1. The van der Waals surface area contributed by atoms with Gasteiger partial charge < -0.3 is 10.0 Å². The van der Waals surface area contributed by atoms with Crippen molar-refractivity contribution in [1.29, 1.82) is 0 Å². The van der Waals surface area contributed by atoms with Gasteiger partial charge in [0.15, 0.2) is 0 Å². The van der Waals surface area contributed by atoms with Crippen LogP contribution >= 0.6 is 23.5 Å². The van der Waals surface area contributed by atoms with Gasteiger partial charge in [-0.1, -0.05) is 18.2 Å². The molecule has 1 aromatic carbocycles. The quantitative estimate of drug-likeness (QED) is 0.900. The van der Waals surface area contributed by atoms with Crippen LogP contribution in [-0.4, -0.2) is 44.8 Å². The van der Waals surface area contributed by atoms with E-state index in [9.17, 15) is 9.59 Å². The van der Waals surface area contributed by atoms with Crippen molar-refractivity contribution in [2.75, 3.05) is 11.6 Å². The number of amides is 1. The summed E-state index contributed by atoms with van der Waals surface area (Å²) in [5.74, 6) is 0.0340. The van der Waals surface area contributed by atoms with Crippen LogP contribution in [0.2, 0.25) is 0 Å². The van der Waals surface area contributed by atoms with Gasteiger partial charge in [0.25, 0.3) is 0 Å². The summed E-state index contributed by atoms with van der Waals surface area (Å²) in [4.78, 5) is 26.2. The first-order chi connectivity index (χ1) is 9.16. The summed E-state index contributed by atoms with van der Waals surface area (Å²) in [5, 5.41) is 8.97. The van der Waals surface area contributed by atoms with Crippen LogP contribution in [-0.2, 0) is 16.0 Å². The van der Waals surface area contributed by atoms with E-state index < -0.39 is 12.0 Å². The molecule has 2 aliphatic heterocycles. The zero-order valence-electron chi connectivity index (χ0n) is 10.1. The minimum absolute atomic E-state index is 0.0430. The molecule has 1 amide bonds. The number of hydrogen-bond donors (Lipinski definition) is 1. The van der Waals surface area contributed by atoms with Crippen molar-refractivity contribution >= 4 is 35.4 Å². The summed E-state index contributed by atoms with van der Waals surface area (Å²) in [6.45, 7) is 0. The molecule has 0 radical (unpaired) electrons. The lowest BCUT2D eigenvalue weighted by molar-refractivity contribution is -0.147. The molecule has 1 saturated heterocycles. The van der Waals surface area contributed by atoms with Gasteiger partial charge >= 0.3 is 5.97 Å². The zero-order valence-corrected chi connectivity index (χ0v) is 11.7. The van der Waals surface area contributed by atoms with Gasteiger partial charge in [-0.25, -0.2) is 4.79 Å². The van der Waals surface area contributed by atoms with Crippen molar-refractivity contribution in [1.82, 2.24) is 4.90 Å². The minimum atomic E-state index is -0.904. The fraction of sp³-hybridized carbons (Fsp3) is 0.385. The Kier molecular flexibility index (Phi) is 3.45. The average molecular weight is 295 g/mol. The van der Waals surface area contributed by atoms with Gasteiger partial charge in [-0.05, 0) is 18.1 Å². The first-order valence-electron chi connectivity index (χ1n) is 6.02. The summed E-state index contributed by atoms with van der Waals surface area (Å²) in [5.41, 5.74) is 1.18. The maximum Gasteiger partial charge on any atom is 0.327 e. The van der Waals surface area contributed by atoms with E-state index >= 15 is 0 Å². The maximum absolute atomic E-state index is 12.5. The number of nitrogens with zero attached hydrogens (tertiary/aromatic N) is 1. The van der Waals surface area contributed by atoms with Gasteiger partial charge in [-0.15, -0.1) is 23.5 Å². The van der Waals surface area contributed by atoms with Crippen LogP contribution in [0.4, 0.5) is 0 Å². The van der Waals surface area contributed by atoms with Crippen molar-refractivity contribution < 1.29 is 14.7 Å². The molecular formula is C13H13NO3S2. The van der Waals surface area contributed by atoms with E-state index in [4.69, 9.17) is 5.11 Å².